The minimum atomic E-state index is 0.269. The molecule has 3 heteroatoms. The van der Waals surface area contributed by atoms with Gasteiger partial charge >= 0.3 is 0 Å². The maximum Gasteiger partial charge on any atom is 0.0387 e. The topological polar surface area (TPSA) is 32.5 Å². The van der Waals surface area contributed by atoms with Crippen LogP contribution in [0.15, 0.2) is 0 Å². The first-order valence-electron chi connectivity index (χ1n) is 7.68. The molecule has 0 radical (unpaired) electrons. The van der Waals surface area contributed by atoms with E-state index in [0.29, 0.717) is 6.04 Å². The molecule has 2 fully saturated rings. The van der Waals surface area contributed by atoms with Crippen LogP contribution in [0.5, 0.6) is 0 Å². The number of hydrogen-bond acceptors (Lipinski definition) is 3. The van der Waals surface area contributed by atoms with Crippen LogP contribution in [-0.4, -0.2) is 54.1 Å². The number of hydrogen-bond donors (Lipinski definition) is 1. The molecule has 0 aromatic rings. The molecule has 0 amide bonds. The fourth-order valence-corrected chi connectivity index (χ4v) is 4.09. The third kappa shape index (κ3) is 2.45. The highest BCUT2D eigenvalue weighted by Gasteiger charge is 2.49. The Hall–Kier alpha value is -0.120. The van der Waals surface area contributed by atoms with Gasteiger partial charge in [-0.3, -0.25) is 4.90 Å². The Balaban J connectivity index is 2.22. The number of fused-ring (bicyclic) bond motifs is 2. The summed E-state index contributed by atoms with van der Waals surface area (Å²) in [6.45, 7) is 15.1. The lowest BCUT2D eigenvalue weighted by Crippen LogP contribution is -2.64. The van der Waals surface area contributed by atoms with E-state index < -0.39 is 0 Å². The highest BCUT2D eigenvalue weighted by molar-refractivity contribution is 5.06. The molecule has 2 heterocycles. The lowest BCUT2D eigenvalue weighted by atomic mass is 9.76. The molecule has 3 atom stereocenters. The van der Waals surface area contributed by atoms with E-state index >= 15 is 0 Å². The molecule has 0 aromatic heterocycles. The van der Waals surface area contributed by atoms with E-state index in [4.69, 9.17) is 5.73 Å². The van der Waals surface area contributed by atoms with Gasteiger partial charge in [0.1, 0.15) is 0 Å². The first-order chi connectivity index (χ1) is 8.49. The van der Waals surface area contributed by atoms with Crippen LogP contribution in [0.1, 0.15) is 40.5 Å². The molecule has 0 aromatic carbocycles. The second-order valence-electron chi connectivity index (χ2n) is 6.98. The zero-order valence-corrected chi connectivity index (χ0v) is 12.7. The number of nitrogens with two attached hydrogens (primary N) is 1. The van der Waals surface area contributed by atoms with Crippen LogP contribution >= 0.6 is 0 Å². The van der Waals surface area contributed by atoms with E-state index in [2.05, 4.69) is 37.5 Å². The van der Waals surface area contributed by atoms with Crippen molar-refractivity contribution in [3.63, 3.8) is 0 Å². The summed E-state index contributed by atoms with van der Waals surface area (Å²) in [6, 6.07) is 0.600. The van der Waals surface area contributed by atoms with Crippen LogP contribution in [0, 0.1) is 11.8 Å². The summed E-state index contributed by atoms with van der Waals surface area (Å²) in [6.07, 6.45) is 2.61. The second kappa shape index (κ2) is 5.48. The normalized spacial score (nSPS) is 36.0. The molecule has 2 rings (SSSR count). The minimum absolute atomic E-state index is 0.269. The zero-order chi connectivity index (χ0) is 13.3. The SMILES string of the molecule is CC(C)CN(C(C)C)C1(CN)CCN2CCC1C2. The predicted molar refractivity (Wildman–Crippen MR) is 77.6 cm³/mol. The molecule has 3 nitrogen and oxygen atoms in total. The summed E-state index contributed by atoms with van der Waals surface area (Å²) in [5.41, 5.74) is 6.55. The van der Waals surface area contributed by atoms with Gasteiger partial charge in [0.05, 0.1) is 0 Å². The maximum absolute atomic E-state index is 6.28. The molecule has 106 valence electrons. The van der Waals surface area contributed by atoms with Crippen molar-refractivity contribution in [2.45, 2.75) is 52.1 Å². The van der Waals surface area contributed by atoms with Gasteiger partial charge in [0.25, 0.3) is 0 Å². The highest BCUT2D eigenvalue weighted by atomic mass is 15.3. The van der Waals surface area contributed by atoms with Gasteiger partial charge in [0, 0.05) is 31.2 Å². The van der Waals surface area contributed by atoms with Gasteiger partial charge in [-0.15, -0.1) is 0 Å². The van der Waals surface area contributed by atoms with Crippen molar-refractivity contribution in [3.8, 4) is 0 Å². The Morgan fingerprint density at radius 3 is 2.56 bits per heavy atom. The van der Waals surface area contributed by atoms with E-state index in [1.807, 2.05) is 0 Å². The van der Waals surface area contributed by atoms with E-state index in [1.54, 1.807) is 0 Å². The van der Waals surface area contributed by atoms with Crippen LogP contribution in [0.2, 0.25) is 0 Å². The first-order valence-corrected chi connectivity index (χ1v) is 7.68. The number of rotatable bonds is 5. The Bertz CT molecular complexity index is 277. The Labute approximate surface area is 113 Å². The molecule has 2 N–H and O–H groups in total. The van der Waals surface area contributed by atoms with E-state index in [-0.39, 0.29) is 5.54 Å². The zero-order valence-electron chi connectivity index (χ0n) is 12.7. The number of nitrogens with zero attached hydrogens (tertiary/aromatic N) is 2. The van der Waals surface area contributed by atoms with E-state index in [0.717, 1.165) is 18.4 Å². The lowest BCUT2D eigenvalue weighted by molar-refractivity contribution is -0.0204. The first kappa shape index (κ1) is 14.3. The fourth-order valence-electron chi connectivity index (χ4n) is 4.09. The third-order valence-electron chi connectivity index (χ3n) is 5.00. The van der Waals surface area contributed by atoms with Crippen LogP contribution in [-0.2, 0) is 0 Å². The van der Waals surface area contributed by atoms with Gasteiger partial charge in [-0.2, -0.15) is 0 Å². The van der Waals surface area contributed by atoms with Crippen LogP contribution in [0.25, 0.3) is 0 Å². The molecular formula is C15H31N3. The van der Waals surface area contributed by atoms with Crippen LogP contribution in [0.4, 0.5) is 0 Å². The lowest BCUT2D eigenvalue weighted by Gasteiger charge is -2.52. The van der Waals surface area contributed by atoms with Crippen molar-refractivity contribution in [1.82, 2.24) is 9.80 Å². The smallest absolute Gasteiger partial charge is 0.0387 e. The van der Waals surface area contributed by atoms with Crippen molar-refractivity contribution in [2.24, 2.45) is 17.6 Å². The molecule has 0 spiro atoms. The van der Waals surface area contributed by atoms with Crippen molar-refractivity contribution in [2.75, 3.05) is 32.7 Å². The van der Waals surface area contributed by atoms with Gasteiger partial charge in [0.15, 0.2) is 0 Å². The van der Waals surface area contributed by atoms with Crippen molar-refractivity contribution >= 4 is 0 Å². The molecule has 3 unspecified atom stereocenters. The molecular weight excluding hydrogens is 222 g/mol. The van der Waals surface area contributed by atoms with Gasteiger partial charge in [0.2, 0.25) is 0 Å². The largest absolute Gasteiger partial charge is 0.329 e. The molecule has 0 aliphatic carbocycles. The quantitative estimate of drug-likeness (QED) is 0.810. The van der Waals surface area contributed by atoms with Gasteiger partial charge in [-0.25, -0.2) is 0 Å². The van der Waals surface area contributed by atoms with Crippen molar-refractivity contribution in [3.05, 3.63) is 0 Å². The third-order valence-corrected chi connectivity index (χ3v) is 5.00. The maximum atomic E-state index is 6.28. The Morgan fingerprint density at radius 2 is 2.00 bits per heavy atom. The molecule has 0 saturated carbocycles. The van der Waals surface area contributed by atoms with Gasteiger partial charge in [-0.1, -0.05) is 13.8 Å². The summed E-state index contributed by atoms with van der Waals surface area (Å²) in [4.78, 5) is 5.34. The fraction of sp³-hybridized carbons (Fsp3) is 1.00. The molecule has 2 saturated heterocycles. The summed E-state index contributed by atoms with van der Waals surface area (Å²) in [5.74, 6) is 1.51. The van der Waals surface area contributed by atoms with Crippen molar-refractivity contribution in [1.29, 1.82) is 0 Å². The Kier molecular flexibility index (Phi) is 4.35. The highest BCUT2D eigenvalue weighted by Crippen LogP contribution is 2.40. The van der Waals surface area contributed by atoms with Crippen LogP contribution in [0.3, 0.4) is 0 Å². The monoisotopic (exact) mass is 253 g/mol. The van der Waals surface area contributed by atoms with Crippen LogP contribution < -0.4 is 5.73 Å². The Morgan fingerprint density at radius 1 is 1.28 bits per heavy atom. The summed E-state index contributed by atoms with van der Waals surface area (Å²) in [5, 5.41) is 0. The molecule has 18 heavy (non-hydrogen) atoms. The summed E-state index contributed by atoms with van der Waals surface area (Å²) >= 11 is 0. The standard InChI is InChI=1S/C15H31N3/c1-12(2)9-18(13(3)4)15(11-16)6-8-17-7-5-14(15)10-17/h12-14H,5-11,16H2,1-4H3. The van der Waals surface area contributed by atoms with Gasteiger partial charge < -0.3 is 10.6 Å². The summed E-state index contributed by atoms with van der Waals surface area (Å²) in [7, 11) is 0. The predicted octanol–water partition coefficient (Wildman–Crippen LogP) is 1.78. The minimum Gasteiger partial charge on any atom is -0.329 e. The van der Waals surface area contributed by atoms with Crippen molar-refractivity contribution < 1.29 is 0 Å². The molecule has 2 aliphatic rings. The van der Waals surface area contributed by atoms with Gasteiger partial charge in [-0.05, 0) is 51.6 Å². The second-order valence-corrected chi connectivity index (χ2v) is 6.98. The average Bonchev–Trinajstić information content (AvgIpc) is 2.72. The van der Waals surface area contributed by atoms with E-state index in [1.165, 1.54) is 39.0 Å². The number of piperidine rings is 1. The van der Waals surface area contributed by atoms with E-state index in [9.17, 15) is 0 Å². The summed E-state index contributed by atoms with van der Waals surface area (Å²) < 4.78 is 0. The average molecular weight is 253 g/mol. The molecule has 2 aliphatic heterocycles. The molecule has 2 bridgehead atoms.